The van der Waals surface area contributed by atoms with Gasteiger partial charge in [0.2, 0.25) is 5.91 Å². The maximum absolute atomic E-state index is 12.8. The average Bonchev–Trinajstić information content (AvgIpc) is 3.21. The van der Waals surface area contributed by atoms with Crippen molar-refractivity contribution in [3.63, 3.8) is 0 Å². The van der Waals surface area contributed by atoms with E-state index in [2.05, 4.69) is 27.1 Å². The number of aromatic nitrogens is 3. The van der Waals surface area contributed by atoms with Gasteiger partial charge in [0.15, 0.2) is 5.13 Å². The van der Waals surface area contributed by atoms with Crippen LogP contribution in [0.25, 0.3) is 0 Å². The van der Waals surface area contributed by atoms with Crippen LogP contribution in [-0.4, -0.2) is 38.8 Å². The number of anilines is 2. The molecule has 0 aromatic carbocycles. The largest absolute Gasteiger partial charge is 0.342 e. The molecule has 1 saturated carbocycles. The van der Waals surface area contributed by atoms with Gasteiger partial charge in [0.1, 0.15) is 11.6 Å². The monoisotopic (exact) mass is 441 g/mol. The molecule has 1 saturated heterocycles. The van der Waals surface area contributed by atoms with E-state index in [0.29, 0.717) is 11.8 Å². The molecule has 1 amide bonds. The molecule has 2 aromatic heterocycles. The number of carbonyl (C=O) groups excluding carboxylic acids is 1. The third-order valence-corrected chi connectivity index (χ3v) is 7.51. The van der Waals surface area contributed by atoms with Crippen LogP contribution in [0.15, 0.2) is 12.3 Å². The second-order valence-corrected chi connectivity index (χ2v) is 10.2. The van der Waals surface area contributed by atoms with Crippen molar-refractivity contribution in [2.24, 2.45) is 11.8 Å². The second kappa shape index (κ2) is 10.5. The van der Waals surface area contributed by atoms with Crippen LogP contribution in [0, 0.1) is 18.8 Å². The molecule has 0 unspecified atom stereocenters. The highest BCUT2D eigenvalue weighted by Crippen LogP contribution is 2.29. The summed E-state index contributed by atoms with van der Waals surface area (Å²) in [5, 5.41) is 4.25. The Morgan fingerprint density at radius 2 is 1.94 bits per heavy atom. The van der Waals surface area contributed by atoms with Crippen molar-refractivity contribution >= 4 is 28.2 Å². The summed E-state index contributed by atoms with van der Waals surface area (Å²) in [6.45, 7) is 5.97. The Bertz CT molecular complexity index is 869. The van der Waals surface area contributed by atoms with Gasteiger partial charge in [-0.05, 0) is 44.9 Å². The van der Waals surface area contributed by atoms with Gasteiger partial charge >= 0.3 is 0 Å². The summed E-state index contributed by atoms with van der Waals surface area (Å²) < 4.78 is 0. The Morgan fingerprint density at radius 3 is 2.68 bits per heavy atom. The first-order valence-electron chi connectivity index (χ1n) is 12.0. The zero-order valence-electron chi connectivity index (χ0n) is 18.9. The zero-order valence-corrected chi connectivity index (χ0v) is 19.7. The Balaban J connectivity index is 1.31. The first-order valence-corrected chi connectivity index (χ1v) is 12.8. The zero-order chi connectivity index (χ0) is 21.6. The van der Waals surface area contributed by atoms with Crippen LogP contribution in [0.4, 0.5) is 10.9 Å². The van der Waals surface area contributed by atoms with Gasteiger partial charge in [-0.15, -0.1) is 11.3 Å². The summed E-state index contributed by atoms with van der Waals surface area (Å²) in [7, 11) is 0. The number of aryl methyl sites for hydroxylation is 2. The van der Waals surface area contributed by atoms with E-state index >= 15 is 0 Å². The minimum Gasteiger partial charge on any atom is -0.342 e. The molecule has 7 heteroatoms. The normalized spacial score (nSPS) is 18.3. The van der Waals surface area contributed by atoms with Gasteiger partial charge in [0.25, 0.3) is 0 Å². The molecule has 0 radical (unpaired) electrons. The van der Waals surface area contributed by atoms with E-state index in [1.165, 1.54) is 24.1 Å². The smallest absolute Gasteiger partial charge is 0.225 e. The number of hydrogen-bond donors (Lipinski definition) is 1. The minimum absolute atomic E-state index is 0.280. The molecule has 168 valence electrons. The second-order valence-electron chi connectivity index (χ2n) is 9.13. The third kappa shape index (κ3) is 6.03. The van der Waals surface area contributed by atoms with E-state index in [1.54, 1.807) is 11.3 Å². The van der Waals surface area contributed by atoms with Gasteiger partial charge in [-0.1, -0.05) is 32.6 Å². The lowest BCUT2D eigenvalue weighted by Gasteiger charge is -2.35. The molecule has 0 bridgehead atoms. The van der Waals surface area contributed by atoms with E-state index in [-0.39, 0.29) is 5.92 Å². The summed E-state index contributed by atoms with van der Waals surface area (Å²) >= 11 is 1.69. The molecule has 2 aromatic rings. The van der Waals surface area contributed by atoms with Crippen LogP contribution < -0.4 is 5.32 Å². The van der Waals surface area contributed by atoms with E-state index in [4.69, 9.17) is 4.98 Å². The number of nitrogens with zero attached hydrogens (tertiary/aromatic N) is 4. The van der Waals surface area contributed by atoms with Crippen LogP contribution in [0.2, 0.25) is 0 Å². The topological polar surface area (TPSA) is 71.0 Å². The third-order valence-electron chi connectivity index (χ3n) is 6.54. The summed E-state index contributed by atoms with van der Waals surface area (Å²) in [5.41, 5.74) is 0.975. The lowest BCUT2D eigenvalue weighted by molar-refractivity contribution is -0.138. The summed E-state index contributed by atoms with van der Waals surface area (Å²) in [6.07, 6.45) is 13.0. The lowest BCUT2D eigenvalue weighted by atomic mass is 9.87. The lowest BCUT2D eigenvalue weighted by Crippen LogP contribution is -2.42. The van der Waals surface area contributed by atoms with Gasteiger partial charge in [0, 0.05) is 48.3 Å². The Labute approximate surface area is 189 Å². The Morgan fingerprint density at radius 1 is 1.16 bits per heavy atom. The van der Waals surface area contributed by atoms with E-state index in [1.807, 2.05) is 19.2 Å². The molecule has 0 spiro atoms. The summed E-state index contributed by atoms with van der Waals surface area (Å²) in [5.74, 6) is 2.95. The maximum atomic E-state index is 12.8. The molecule has 3 heterocycles. The fourth-order valence-corrected chi connectivity index (χ4v) is 5.77. The van der Waals surface area contributed by atoms with E-state index in [9.17, 15) is 4.79 Å². The number of thiazole rings is 1. The van der Waals surface area contributed by atoms with Gasteiger partial charge in [0.05, 0.1) is 0 Å². The standard InChI is InChI=1S/C24H35N5OS/c1-3-7-20-16-25-24(31-20)28-21-14-17(2)26-22(27-21)15-18-10-12-29(13-11-18)23(30)19-8-5-4-6-9-19/h14,16,18-19H,3-13,15H2,1-2H3,(H,25,26,27,28). The highest BCUT2D eigenvalue weighted by molar-refractivity contribution is 7.15. The SMILES string of the molecule is CCCc1cnc(Nc2cc(C)nc(CC3CCN(C(=O)C4CCCCC4)CC3)n2)s1. The van der Waals surface area contributed by atoms with Crippen molar-refractivity contribution in [2.75, 3.05) is 18.4 Å². The number of piperidine rings is 1. The van der Waals surface area contributed by atoms with Crippen LogP contribution >= 0.6 is 11.3 Å². The Kier molecular flexibility index (Phi) is 7.54. The van der Waals surface area contributed by atoms with Crippen LogP contribution in [0.5, 0.6) is 0 Å². The van der Waals surface area contributed by atoms with Gasteiger partial charge in [-0.2, -0.15) is 0 Å². The number of carbonyl (C=O) groups is 1. The predicted octanol–water partition coefficient (Wildman–Crippen LogP) is 5.30. The quantitative estimate of drug-likeness (QED) is 0.631. The van der Waals surface area contributed by atoms with Crippen LogP contribution in [0.3, 0.4) is 0 Å². The first-order chi connectivity index (χ1) is 15.1. The highest BCUT2D eigenvalue weighted by Gasteiger charge is 2.29. The average molecular weight is 442 g/mol. The number of amides is 1. The molecule has 31 heavy (non-hydrogen) atoms. The molecule has 0 atom stereocenters. The van der Waals surface area contributed by atoms with Crippen molar-refractivity contribution in [1.82, 2.24) is 19.9 Å². The predicted molar refractivity (Wildman–Crippen MR) is 126 cm³/mol. The van der Waals surface area contributed by atoms with Crippen molar-refractivity contribution in [2.45, 2.75) is 78.1 Å². The Hall–Kier alpha value is -2.02. The van der Waals surface area contributed by atoms with E-state index < -0.39 is 0 Å². The van der Waals surface area contributed by atoms with Gasteiger partial charge in [-0.3, -0.25) is 4.79 Å². The number of hydrogen-bond acceptors (Lipinski definition) is 6. The van der Waals surface area contributed by atoms with Gasteiger partial charge in [-0.25, -0.2) is 15.0 Å². The van der Waals surface area contributed by atoms with Gasteiger partial charge < -0.3 is 10.2 Å². The van der Waals surface area contributed by atoms with Crippen molar-refractivity contribution < 1.29 is 4.79 Å². The molecule has 2 fully saturated rings. The van der Waals surface area contributed by atoms with Crippen molar-refractivity contribution in [3.8, 4) is 0 Å². The molecule has 4 rings (SSSR count). The molecule has 2 aliphatic rings. The summed E-state index contributed by atoms with van der Waals surface area (Å²) in [6, 6.07) is 1.98. The number of nitrogens with one attached hydrogen (secondary N) is 1. The first kappa shape index (κ1) is 22.2. The molecule has 6 nitrogen and oxygen atoms in total. The molecular weight excluding hydrogens is 406 g/mol. The number of rotatable bonds is 7. The minimum atomic E-state index is 0.280. The molecule has 1 N–H and O–H groups in total. The fourth-order valence-electron chi connectivity index (χ4n) is 4.85. The summed E-state index contributed by atoms with van der Waals surface area (Å²) in [4.78, 5) is 30.2. The molecule has 1 aliphatic carbocycles. The fraction of sp³-hybridized carbons (Fsp3) is 0.667. The van der Waals surface area contributed by atoms with Crippen molar-refractivity contribution in [1.29, 1.82) is 0 Å². The maximum Gasteiger partial charge on any atom is 0.225 e. The molecular formula is C24H35N5OS. The number of likely N-dealkylation sites (tertiary alicyclic amines) is 1. The molecule has 1 aliphatic heterocycles. The van der Waals surface area contributed by atoms with E-state index in [0.717, 1.165) is 80.5 Å². The van der Waals surface area contributed by atoms with Crippen LogP contribution in [0.1, 0.15) is 74.7 Å². The van der Waals surface area contributed by atoms with Crippen LogP contribution in [-0.2, 0) is 17.6 Å². The highest BCUT2D eigenvalue weighted by atomic mass is 32.1. The van der Waals surface area contributed by atoms with Crippen molar-refractivity contribution in [3.05, 3.63) is 28.7 Å².